The average molecular weight is 403 g/mol. The van der Waals surface area contributed by atoms with E-state index in [1.54, 1.807) is 32.2 Å². The highest BCUT2D eigenvalue weighted by molar-refractivity contribution is 5.90. The molecule has 0 atom stereocenters. The lowest BCUT2D eigenvalue weighted by molar-refractivity contribution is 0.0526. The van der Waals surface area contributed by atoms with Gasteiger partial charge in [-0.15, -0.1) is 0 Å². The third-order valence-corrected chi connectivity index (χ3v) is 5.34. The number of benzene rings is 2. The van der Waals surface area contributed by atoms with Crippen LogP contribution < -0.4 is 10.1 Å². The minimum absolute atomic E-state index is 0.0130. The van der Waals surface area contributed by atoms with Gasteiger partial charge in [0.2, 0.25) is 5.95 Å². The van der Waals surface area contributed by atoms with Crippen molar-refractivity contribution in [3.8, 4) is 17.0 Å². The van der Waals surface area contributed by atoms with Crippen molar-refractivity contribution in [1.29, 1.82) is 0 Å². The summed E-state index contributed by atoms with van der Waals surface area (Å²) in [6.07, 6.45) is 2.74. The summed E-state index contributed by atoms with van der Waals surface area (Å²) in [6, 6.07) is 13.3. The second-order valence-electron chi connectivity index (χ2n) is 7.97. The second-order valence-corrected chi connectivity index (χ2v) is 7.97. The summed E-state index contributed by atoms with van der Waals surface area (Å²) in [6.45, 7) is 6.58. The number of aromatic nitrogens is 2. The van der Waals surface area contributed by atoms with Crippen LogP contribution in [0.2, 0.25) is 0 Å². The van der Waals surface area contributed by atoms with E-state index in [9.17, 15) is 4.79 Å². The predicted octanol–water partition coefficient (Wildman–Crippen LogP) is 4.91. The fourth-order valence-corrected chi connectivity index (χ4v) is 3.90. The van der Waals surface area contributed by atoms with Crippen LogP contribution in [0.25, 0.3) is 11.3 Å². The summed E-state index contributed by atoms with van der Waals surface area (Å²) in [5.74, 6) is 0.923. The van der Waals surface area contributed by atoms with Gasteiger partial charge < -0.3 is 14.8 Å². The van der Waals surface area contributed by atoms with E-state index >= 15 is 0 Å². The molecule has 0 radical (unpaired) electrons. The van der Waals surface area contributed by atoms with Crippen LogP contribution in [0.4, 0.5) is 11.6 Å². The summed E-state index contributed by atoms with van der Waals surface area (Å²) in [5.41, 5.74) is 5.50. The number of hydrogen-bond acceptors (Lipinski definition) is 6. The number of ether oxygens (including phenoxy) is 2. The number of rotatable bonds is 5. The van der Waals surface area contributed by atoms with E-state index in [0.717, 1.165) is 34.7 Å². The molecule has 0 saturated carbocycles. The van der Waals surface area contributed by atoms with Crippen LogP contribution in [-0.4, -0.2) is 29.7 Å². The van der Waals surface area contributed by atoms with Crippen molar-refractivity contribution in [3.05, 3.63) is 65.4 Å². The second kappa shape index (κ2) is 7.78. The first-order valence-corrected chi connectivity index (χ1v) is 10.0. The van der Waals surface area contributed by atoms with Gasteiger partial charge in [-0.25, -0.2) is 14.8 Å². The Morgan fingerprint density at radius 2 is 2.03 bits per heavy atom. The van der Waals surface area contributed by atoms with Gasteiger partial charge in [0.1, 0.15) is 5.75 Å². The van der Waals surface area contributed by atoms with Crippen LogP contribution in [0.15, 0.2) is 48.7 Å². The van der Waals surface area contributed by atoms with Gasteiger partial charge in [-0.05, 0) is 60.2 Å². The molecule has 3 aromatic rings. The van der Waals surface area contributed by atoms with Gasteiger partial charge >= 0.3 is 5.97 Å². The number of esters is 1. The maximum atomic E-state index is 12.0. The Bertz CT molecular complexity index is 1110. The van der Waals surface area contributed by atoms with Crippen molar-refractivity contribution < 1.29 is 14.3 Å². The van der Waals surface area contributed by atoms with E-state index in [2.05, 4.69) is 30.2 Å². The Labute approximate surface area is 176 Å². The van der Waals surface area contributed by atoms with Crippen LogP contribution >= 0.6 is 0 Å². The standard InChI is InChI=1S/C24H25N3O3/c1-5-30-22(28)15-7-6-8-17(11-15)26-23-25-14-16-13-24(2,3)20-10-9-18(29-4)12-19(20)21(16)27-23/h6-12,14H,5,13H2,1-4H3,(H,25,26,27). The molecule has 6 nitrogen and oxygen atoms in total. The maximum Gasteiger partial charge on any atom is 0.338 e. The Kier molecular flexibility index (Phi) is 5.16. The van der Waals surface area contributed by atoms with Gasteiger partial charge in [0.05, 0.1) is 25.0 Å². The number of nitrogens with zero attached hydrogens (tertiary/aromatic N) is 2. The molecule has 0 amide bonds. The SMILES string of the molecule is CCOC(=O)c1cccc(Nc2ncc3c(n2)-c2cc(OC)ccc2C(C)(C)C3)c1. The number of nitrogens with one attached hydrogen (secondary N) is 1. The van der Waals surface area contributed by atoms with Crippen molar-refractivity contribution in [2.75, 3.05) is 19.0 Å². The van der Waals surface area contributed by atoms with E-state index in [4.69, 9.17) is 14.5 Å². The van der Waals surface area contributed by atoms with Crippen molar-refractivity contribution in [2.45, 2.75) is 32.6 Å². The van der Waals surface area contributed by atoms with Gasteiger partial charge in [-0.3, -0.25) is 0 Å². The summed E-state index contributed by atoms with van der Waals surface area (Å²) >= 11 is 0. The number of carbonyl (C=O) groups is 1. The van der Waals surface area contributed by atoms with E-state index in [0.29, 0.717) is 18.1 Å². The first kappa shape index (κ1) is 19.9. The third-order valence-electron chi connectivity index (χ3n) is 5.34. The lowest BCUT2D eigenvalue weighted by Gasteiger charge is -2.33. The number of anilines is 2. The molecule has 0 unspecified atom stereocenters. The summed E-state index contributed by atoms with van der Waals surface area (Å²) in [5, 5.41) is 3.21. The zero-order chi connectivity index (χ0) is 21.3. The first-order valence-electron chi connectivity index (χ1n) is 10.0. The van der Waals surface area contributed by atoms with Gasteiger partial charge in [0, 0.05) is 17.4 Å². The van der Waals surface area contributed by atoms with Crippen LogP contribution in [0.5, 0.6) is 5.75 Å². The molecular weight excluding hydrogens is 378 g/mol. The van der Waals surface area contributed by atoms with E-state index in [1.807, 2.05) is 24.4 Å². The minimum Gasteiger partial charge on any atom is -0.497 e. The van der Waals surface area contributed by atoms with Crippen LogP contribution in [0.3, 0.4) is 0 Å². The molecule has 0 bridgehead atoms. The zero-order valence-electron chi connectivity index (χ0n) is 17.7. The lowest BCUT2D eigenvalue weighted by Crippen LogP contribution is -2.26. The molecule has 0 spiro atoms. The van der Waals surface area contributed by atoms with Gasteiger partial charge in [0.25, 0.3) is 0 Å². The van der Waals surface area contributed by atoms with E-state index in [1.165, 1.54) is 5.56 Å². The molecule has 0 saturated heterocycles. The number of methoxy groups -OCH3 is 1. The Morgan fingerprint density at radius 1 is 1.20 bits per heavy atom. The molecule has 2 aromatic carbocycles. The lowest BCUT2D eigenvalue weighted by atomic mass is 9.72. The fourth-order valence-electron chi connectivity index (χ4n) is 3.90. The molecule has 30 heavy (non-hydrogen) atoms. The fraction of sp³-hybridized carbons (Fsp3) is 0.292. The Hall–Kier alpha value is -3.41. The molecule has 154 valence electrons. The molecular formula is C24H25N3O3. The molecule has 1 aromatic heterocycles. The van der Waals surface area contributed by atoms with Crippen molar-refractivity contribution in [3.63, 3.8) is 0 Å². The highest BCUT2D eigenvalue weighted by Crippen LogP contribution is 2.43. The van der Waals surface area contributed by atoms with Crippen molar-refractivity contribution in [2.24, 2.45) is 0 Å². The quantitative estimate of drug-likeness (QED) is 0.611. The van der Waals surface area contributed by atoms with Crippen molar-refractivity contribution >= 4 is 17.6 Å². The Balaban J connectivity index is 1.70. The molecule has 1 aliphatic rings. The van der Waals surface area contributed by atoms with Crippen LogP contribution in [0, 0.1) is 0 Å². The maximum absolute atomic E-state index is 12.0. The normalized spacial score (nSPS) is 13.7. The summed E-state index contributed by atoms with van der Waals surface area (Å²) in [7, 11) is 1.67. The molecule has 4 rings (SSSR count). The summed E-state index contributed by atoms with van der Waals surface area (Å²) in [4.78, 5) is 21.3. The summed E-state index contributed by atoms with van der Waals surface area (Å²) < 4.78 is 10.5. The minimum atomic E-state index is -0.351. The number of fused-ring (bicyclic) bond motifs is 3. The van der Waals surface area contributed by atoms with Gasteiger partial charge in [0.15, 0.2) is 0 Å². The highest BCUT2D eigenvalue weighted by Gasteiger charge is 2.32. The van der Waals surface area contributed by atoms with E-state index < -0.39 is 0 Å². The predicted molar refractivity (Wildman–Crippen MR) is 116 cm³/mol. The van der Waals surface area contributed by atoms with Gasteiger partial charge in [-0.1, -0.05) is 26.0 Å². The Morgan fingerprint density at radius 3 is 2.80 bits per heavy atom. The zero-order valence-corrected chi connectivity index (χ0v) is 17.7. The third kappa shape index (κ3) is 3.73. The highest BCUT2D eigenvalue weighted by atomic mass is 16.5. The monoisotopic (exact) mass is 403 g/mol. The number of carbonyl (C=O) groups excluding carboxylic acids is 1. The topological polar surface area (TPSA) is 73.3 Å². The van der Waals surface area contributed by atoms with Gasteiger partial charge in [-0.2, -0.15) is 0 Å². The first-order chi connectivity index (χ1) is 14.4. The molecule has 0 fully saturated rings. The molecule has 1 aliphatic carbocycles. The molecule has 0 aliphatic heterocycles. The molecule has 1 N–H and O–H groups in total. The molecule has 1 heterocycles. The average Bonchev–Trinajstić information content (AvgIpc) is 2.74. The number of hydrogen-bond donors (Lipinski definition) is 1. The van der Waals surface area contributed by atoms with Crippen LogP contribution in [-0.2, 0) is 16.6 Å². The van der Waals surface area contributed by atoms with Crippen LogP contribution in [0.1, 0.15) is 42.3 Å². The van der Waals surface area contributed by atoms with E-state index in [-0.39, 0.29) is 11.4 Å². The van der Waals surface area contributed by atoms with Crippen molar-refractivity contribution in [1.82, 2.24) is 9.97 Å². The smallest absolute Gasteiger partial charge is 0.338 e. The molecule has 6 heteroatoms. The largest absolute Gasteiger partial charge is 0.497 e.